The topological polar surface area (TPSA) is 83.4 Å². The molecule has 7 nitrogen and oxygen atoms in total. The minimum Gasteiger partial charge on any atom is -0.543 e. The number of rotatable bonds is 7. The van der Waals surface area contributed by atoms with Gasteiger partial charge in [-0.05, 0) is 40.4 Å². The van der Waals surface area contributed by atoms with Gasteiger partial charge in [-0.2, -0.15) is 0 Å². The van der Waals surface area contributed by atoms with Crippen molar-refractivity contribution in [3.8, 4) is 0 Å². The van der Waals surface area contributed by atoms with Crippen molar-refractivity contribution < 1.29 is 28.3 Å². The van der Waals surface area contributed by atoms with Gasteiger partial charge in [0.25, 0.3) is 0 Å². The maximum absolute atomic E-state index is 11.7. The Bertz CT molecular complexity index is 459. The molecular formula is C14H25NO6Si. The van der Waals surface area contributed by atoms with Crippen molar-refractivity contribution in [2.75, 3.05) is 13.7 Å². The molecule has 0 amide bonds. The normalized spacial score (nSPS) is 12.4. The second-order valence-electron chi connectivity index (χ2n) is 6.43. The number of nitrogens with zero attached hydrogens (tertiary/aromatic N) is 1. The molecule has 0 bridgehead atoms. The van der Waals surface area contributed by atoms with E-state index in [0.29, 0.717) is 0 Å². The molecule has 0 saturated heterocycles. The first kappa shape index (κ1) is 20.2. The molecule has 8 heteroatoms. The Labute approximate surface area is 132 Å². The maximum atomic E-state index is 11.7. The zero-order valence-electron chi connectivity index (χ0n) is 14.3. The lowest BCUT2D eigenvalue weighted by Gasteiger charge is -2.21. The molecule has 0 aromatic heterocycles. The number of carbonyl (C=O) groups is 2. The summed E-state index contributed by atoms with van der Waals surface area (Å²) in [5.41, 5.74) is -0.839. The molecule has 0 aromatic rings. The summed E-state index contributed by atoms with van der Waals surface area (Å²) in [6, 6.07) is 0. The first-order chi connectivity index (χ1) is 9.85. The van der Waals surface area contributed by atoms with Gasteiger partial charge in [-0.15, -0.1) is 0 Å². The van der Waals surface area contributed by atoms with Crippen LogP contribution < -0.4 is 0 Å². The lowest BCUT2D eigenvalue weighted by molar-refractivity contribution is -0.160. The number of hydrogen-bond donors (Lipinski definition) is 0. The van der Waals surface area contributed by atoms with E-state index in [-0.39, 0.29) is 11.5 Å². The minimum absolute atomic E-state index is 0.0511. The molecule has 0 heterocycles. The quantitative estimate of drug-likeness (QED) is 0.234. The standard InChI is InChI=1S/C14H25NO6Si/c1-10(21-22(6,7)8)12(13(17)18-5)15-19-9-11(16)20-14(2,3)4/h1,9H2,2-8H3. The summed E-state index contributed by atoms with van der Waals surface area (Å²) in [5, 5.41) is 3.59. The predicted octanol–water partition coefficient (Wildman–Crippen LogP) is 2.24. The summed E-state index contributed by atoms with van der Waals surface area (Å²) in [6.07, 6.45) is 0. The van der Waals surface area contributed by atoms with Crippen LogP contribution in [0, 0.1) is 0 Å². The van der Waals surface area contributed by atoms with Crippen LogP contribution >= 0.6 is 0 Å². The maximum Gasteiger partial charge on any atom is 0.363 e. The van der Waals surface area contributed by atoms with Crippen LogP contribution in [0.1, 0.15) is 20.8 Å². The van der Waals surface area contributed by atoms with Gasteiger partial charge in [0.15, 0.2) is 0 Å². The summed E-state index contributed by atoms with van der Waals surface area (Å²) in [7, 11) is -0.768. The Kier molecular flexibility index (Phi) is 7.31. The minimum atomic E-state index is -1.97. The molecule has 0 rings (SSSR count). The Hall–Kier alpha value is -1.83. The highest BCUT2D eigenvalue weighted by atomic mass is 28.4. The van der Waals surface area contributed by atoms with Crippen molar-refractivity contribution in [3.05, 3.63) is 12.3 Å². The fourth-order valence-corrected chi connectivity index (χ4v) is 2.07. The number of carbonyl (C=O) groups excluding carboxylic acids is 2. The number of hydrogen-bond acceptors (Lipinski definition) is 7. The largest absolute Gasteiger partial charge is 0.543 e. The monoisotopic (exact) mass is 331 g/mol. The number of ether oxygens (including phenoxy) is 2. The van der Waals surface area contributed by atoms with Crippen molar-refractivity contribution in [1.29, 1.82) is 0 Å². The molecule has 0 N–H and O–H groups in total. The summed E-state index contributed by atoms with van der Waals surface area (Å²) in [6.45, 7) is 14.2. The highest BCUT2D eigenvalue weighted by Gasteiger charge is 2.25. The number of methoxy groups -OCH3 is 1. The Balaban J connectivity index is 4.81. The third kappa shape index (κ3) is 9.17. The lowest BCUT2D eigenvalue weighted by atomic mass is 10.2. The van der Waals surface area contributed by atoms with Crippen LogP contribution in [0.5, 0.6) is 0 Å². The van der Waals surface area contributed by atoms with E-state index in [1.54, 1.807) is 20.8 Å². The molecule has 0 unspecified atom stereocenters. The zero-order chi connectivity index (χ0) is 17.6. The molecule has 0 aromatic carbocycles. The van der Waals surface area contributed by atoms with Crippen molar-refractivity contribution in [1.82, 2.24) is 0 Å². The van der Waals surface area contributed by atoms with E-state index in [4.69, 9.17) is 14.0 Å². The van der Waals surface area contributed by atoms with Gasteiger partial charge >= 0.3 is 11.9 Å². The summed E-state index contributed by atoms with van der Waals surface area (Å²) in [4.78, 5) is 28.0. The van der Waals surface area contributed by atoms with Crippen molar-refractivity contribution in [2.45, 2.75) is 46.0 Å². The molecule has 0 saturated carbocycles. The van der Waals surface area contributed by atoms with Gasteiger partial charge in [0.1, 0.15) is 11.4 Å². The van der Waals surface area contributed by atoms with Crippen molar-refractivity contribution in [2.24, 2.45) is 5.16 Å². The van der Waals surface area contributed by atoms with Crippen LogP contribution in [0.15, 0.2) is 17.5 Å². The van der Waals surface area contributed by atoms with Crippen LogP contribution in [0.4, 0.5) is 0 Å². The summed E-state index contributed by atoms with van der Waals surface area (Å²) >= 11 is 0. The smallest absolute Gasteiger partial charge is 0.363 e. The Morgan fingerprint density at radius 2 is 1.73 bits per heavy atom. The first-order valence-electron chi connectivity index (χ1n) is 6.74. The van der Waals surface area contributed by atoms with Crippen LogP contribution in [0.25, 0.3) is 0 Å². The SMILES string of the molecule is C=C(O[Si](C)(C)C)C(=NOCC(=O)OC(C)(C)C)C(=O)OC. The van der Waals surface area contributed by atoms with Gasteiger partial charge in [0.05, 0.1) is 7.11 Å². The number of oxime groups is 1. The molecule has 0 aliphatic carbocycles. The second-order valence-corrected chi connectivity index (χ2v) is 10.9. The van der Waals surface area contributed by atoms with E-state index in [0.717, 1.165) is 0 Å². The van der Waals surface area contributed by atoms with Crippen molar-refractivity contribution in [3.63, 3.8) is 0 Å². The zero-order valence-corrected chi connectivity index (χ0v) is 15.3. The van der Waals surface area contributed by atoms with E-state index in [1.165, 1.54) is 7.11 Å². The van der Waals surface area contributed by atoms with Gasteiger partial charge in [-0.3, -0.25) is 0 Å². The van der Waals surface area contributed by atoms with Crippen molar-refractivity contribution >= 4 is 26.0 Å². The number of esters is 2. The van der Waals surface area contributed by atoms with Crippen LogP contribution in [-0.4, -0.2) is 45.3 Å². The van der Waals surface area contributed by atoms with Gasteiger partial charge in [-0.1, -0.05) is 11.7 Å². The molecule has 0 radical (unpaired) electrons. The summed E-state index contributed by atoms with van der Waals surface area (Å²) < 4.78 is 15.2. The molecule has 0 fully saturated rings. The van der Waals surface area contributed by atoms with E-state index in [9.17, 15) is 9.59 Å². The molecule has 0 aliphatic heterocycles. The van der Waals surface area contributed by atoms with Crippen LogP contribution in [-0.2, 0) is 28.3 Å². The average Bonchev–Trinajstić information content (AvgIpc) is 2.29. The fourth-order valence-electron chi connectivity index (χ4n) is 1.24. The first-order valence-corrected chi connectivity index (χ1v) is 10.1. The molecule has 0 atom stereocenters. The lowest BCUT2D eigenvalue weighted by Crippen LogP contribution is -2.30. The highest BCUT2D eigenvalue weighted by Crippen LogP contribution is 2.12. The third-order valence-electron chi connectivity index (χ3n) is 1.83. The third-order valence-corrected chi connectivity index (χ3v) is 2.69. The van der Waals surface area contributed by atoms with Gasteiger partial charge in [0.2, 0.25) is 20.6 Å². The highest BCUT2D eigenvalue weighted by molar-refractivity contribution is 6.70. The second kappa shape index (κ2) is 7.97. The predicted molar refractivity (Wildman–Crippen MR) is 84.8 cm³/mol. The average molecular weight is 331 g/mol. The van der Waals surface area contributed by atoms with E-state index < -0.39 is 32.5 Å². The Morgan fingerprint density at radius 1 is 1.18 bits per heavy atom. The molecule has 22 heavy (non-hydrogen) atoms. The van der Waals surface area contributed by atoms with E-state index in [2.05, 4.69) is 16.5 Å². The Morgan fingerprint density at radius 3 is 2.14 bits per heavy atom. The summed E-state index contributed by atoms with van der Waals surface area (Å²) in [5.74, 6) is -1.31. The molecular weight excluding hydrogens is 306 g/mol. The van der Waals surface area contributed by atoms with E-state index >= 15 is 0 Å². The van der Waals surface area contributed by atoms with Crippen LogP contribution in [0.3, 0.4) is 0 Å². The van der Waals surface area contributed by atoms with Gasteiger partial charge in [-0.25, -0.2) is 9.59 Å². The fraction of sp³-hybridized carbons (Fsp3) is 0.643. The van der Waals surface area contributed by atoms with E-state index in [1.807, 2.05) is 19.6 Å². The molecule has 0 spiro atoms. The van der Waals surface area contributed by atoms with Gasteiger partial charge in [0, 0.05) is 0 Å². The van der Waals surface area contributed by atoms with Gasteiger partial charge < -0.3 is 18.7 Å². The molecule has 126 valence electrons. The molecule has 0 aliphatic rings. The van der Waals surface area contributed by atoms with Crippen LogP contribution in [0.2, 0.25) is 19.6 Å².